The Morgan fingerprint density at radius 1 is 1.29 bits per heavy atom. The Bertz CT molecular complexity index is 278. The van der Waals surface area contributed by atoms with E-state index >= 15 is 0 Å². The van der Waals surface area contributed by atoms with Crippen LogP contribution >= 0.6 is 0 Å². The lowest BCUT2D eigenvalue weighted by atomic mass is 9.75. The van der Waals surface area contributed by atoms with Crippen molar-refractivity contribution in [3.8, 4) is 0 Å². The first-order valence-electron chi connectivity index (χ1n) is 7.10. The second-order valence-electron chi connectivity index (χ2n) is 5.94. The van der Waals surface area contributed by atoms with Gasteiger partial charge in [-0.15, -0.1) is 0 Å². The van der Waals surface area contributed by atoms with Crippen LogP contribution in [0.3, 0.4) is 0 Å². The van der Waals surface area contributed by atoms with Gasteiger partial charge in [-0.05, 0) is 57.4 Å². The van der Waals surface area contributed by atoms with Gasteiger partial charge < -0.3 is 5.11 Å². The quantitative estimate of drug-likeness (QED) is 0.802. The van der Waals surface area contributed by atoms with Crippen molar-refractivity contribution in [2.45, 2.75) is 70.4 Å². The number of nitrogens with zero attached hydrogens (tertiary/aromatic N) is 1. The first-order chi connectivity index (χ1) is 8.10. The Morgan fingerprint density at radius 2 is 1.88 bits per heavy atom. The van der Waals surface area contributed by atoms with Gasteiger partial charge in [0.05, 0.1) is 0 Å². The third-order valence-electron chi connectivity index (χ3n) is 4.50. The van der Waals surface area contributed by atoms with Crippen LogP contribution in [0.25, 0.3) is 0 Å². The van der Waals surface area contributed by atoms with Crippen molar-refractivity contribution in [3.63, 3.8) is 0 Å². The first-order valence-corrected chi connectivity index (χ1v) is 7.10. The van der Waals surface area contributed by atoms with Gasteiger partial charge in [-0.1, -0.05) is 13.8 Å². The normalized spacial score (nSPS) is 33.9. The van der Waals surface area contributed by atoms with Gasteiger partial charge in [0, 0.05) is 6.04 Å². The number of carboxylic acids is 1. The second kappa shape index (κ2) is 4.97. The number of hydrogen-bond acceptors (Lipinski definition) is 2. The molecular weight excluding hydrogens is 214 g/mol. The van der Waals surface area contributed by atoms with Crippen LogP contribution in [0.5, 0.6) is 0 Å². The average Bonchev–Trinajstić information content (AvgIpc) is 3.11. The summed E-state index contributed by atoms with van der Waals surface area (Å²) in [4.78, 5) is 14.1. The molecule has 0 spiro atoms. The summed E-state index contributed by atoms with van der Waals surface area (Å²) in [6, 6.07) is 0.555. The Balaban J connectivity index is 2.16. The van der Waals surface area contributed by atoms with Crippen LogP contribution in [0.15, 0.2) is 0 Å². The van der Waals surface area contributed by atoms with Gasteiger partial charge >= 0.3 is 5.97 Å². The average molecular weight is 239 g/mol. The lowest BCUT2D eigenvalue weighted by molar-refractivity contribution is -0.155. The van der Waals surface area contributed by atoms with Crippen LogP contribution in [0.4, 0.5) is 0 Å². The SMILES string of the molecule is CCCN(C1CC1)C1(C(=O)O)CCC(C)CC1. The van der Waals surface area contributed by atoms with E-state index in [9.17, 15) is 9.90 Å². The van der Waals surface area contributed by atoms with Crippen LogP contribution in [0.2, 0.25) is 0 Å². The number of carbonyl (C=O) groups is 1. The zero-order valence-electron chi connectivity index (χ0n) is 11.1. The summed E-state index contributed by atoms with van der Waals surface area (Å²) in [5.74, 6) is 0.120. The molecule has 0 saturated heterocycles. The standard InChI is InChI=1S/C14H25NO2/c1-3-10-15(12-4-5-12)14(13(16)17)8-6-11(2)7-9-14/h11-12H,3-10H2,1-2H3,(H,16,17). The summed E-state index contributed by atoms with van der Waals surface area (Å²) in [6.07, 6.45) is 7.29. The molecule has 98 valence electrons. The van der Waals surface area contributed by atoms with Gasteiger partial charge in [-0.2, -0.15) is 0 Å². The number of carboxylic acid groups (broad SMARTS) is 1. The second-order valence-corrected chi connectivity index (χ2v) is 5.94. The molecule has 0 aromatic heterocycles. The van der Waals surface area contributed by atoms with E-state index in [2.05, 4.69) is 18.7 Å². The summed E-state index contributed by atoms with van der Waals surface area (Å²) in [5.41, 5.74) is -0.538. The fourth-order valence-electron chi connectivity index (χ4n) is 3.24. The highest BCUT2D eigenvalue weighted by atomic mass is 16.4. The van der Waals surface area contributed by atoms with Gasteiger partial charge in [0.25, 0.3) is 0 Å². The minimum Gasteiger partial charge on any atom is -0.480 e. The Hall–Kier alpha value is -0.570. The number of rotatable bonds is 5. The molecule has 0 amide bonds. The molecule has 0 radical (unpaired) electrons. The van der Waals surface area contributed by atoms with E-state index in [1.54, 1.807) is 0 Å². The zero-order chi connectivity index (χ0) is 12.5. The summed E-state index contributed by atoms with van der Waals surface area (Å²) in [5, 5.41) is 9.71. The Kier molecular flexibility index (Phi) is 3.76. The van der Waals surface area contributed by atoms with Crippen molar-refractivity contribution in [2.24, 2.45) is 5.92 Å². The Morgan fingerprint density at radius 3 is 2.29 bits per heavy atom. The predicted octanol–water partition coefficient (Wildman–Crippen LogP) is 2.89. The number of hydrogen-bond donors (Lipinski definition) is 1. The topological polar surface area (TPSA) is 40.5 Å². The lowest BCUT2D eigenvalue weighted by Gasteiger charge is -2.44. The van der Waals surface area contributed by atoms with Crippen molar-refractivity contribution >= 4 is 5.97 Å². The fourth-order valence-corrected chi connectivity index (χ4v) is 3.24. The summed E-state index contributed by atoms with van der Waals surface area (Å²) in [7, 11) is 0. The van der Waals surface area contributed by atoms with E-state index in [1.165, 1.54) is 12.8 Å². The molecule has 2 aliphatic rings. The maximum atomic E-state index is 11.8. The third kappa shape index (κ3) is 2.49. The molecule has 0 aliphatic heterocycles. The highest BCUT2D eigenvalue weighted by Gasteiger charge is 2.50. The van der Waals surface area contributed by atoms with Crippen LogP contribution in [0.1, 0.15) is 58.8 Å². The molecule has 0 bridgehead atoms. The largest absolute Gasteiger partial charge is 0.480 e. The minimum absolute atomic E-state index is 0.538. The smallest absolute Gasteiger partial charge is 0.324 e. The van der Waals surface area contributed by atoms with Crippen molar-refractivity contribution in [2.75, 3.05) is 6.54 Å². The molecule has 3 heteroatoms. The molecule has 0 heterocycles. The molecule has 2 fully saturated rings. The fraction of sp³-hybridized carbons (Fsp3) is 0.929. The highest BCUT2D eigenvalue weighted by molar-refractivity contribution is 5.79. The summed E-state index contributed by atoms with van der Waals surface area (Å²) >= 11 is 0. The minimum atomic E-state index is -0.579. The monoisotopic (exact) mass is 239 g/mol. The maximum absolute atomic E-state index is 11.8. The molecule has 1 N–H and O–H groups in total. The molecule has 0 atom stereocenters. The van der Waals surface area contributed by atoms with Crippen molar-refractivity contribution in [1.82, 2.24) is 4.90 Å². The zero-order valence-corrected chi connectivity index (χ0v) is 11.1. The van der Waals surface area contributed by atoms with E-state index in [0.29, 0.717) is 12.0 Å². The molecule has 2 saturated carbocycles. The molecule has 3 nitrogen and oxygen atoms in total. The maximum Gasteiger partial charge on any atom is 0.324 e. The van der Waals surface area contributed by atoms with Gasteiger partial charge in [0.15, 0.2) is 0 Å². The lowest BCUT2D eigenvalue weighted by Crippen LogP contribution is -2.57. The van der Waals surface area contributed by atoms with Gasteiger partial charge in [0.1, 0.15) is 5.54 Å². The molecule has 17 heavy (non-hydrogen) atoms. The molecule has 0 unspecified atom stereocenters. The molecule has 0 aromatic rings. The van der Waals surface area contributed by atoms with Crippen molar-refractivity contribution < 1.29 is 9.90 Å². The van der Waals surface area contributed by atoms with E-state index < -0.39 is 11.5 Å². The van der Waals surface area contributed by atoms with Gasteiger partial charge in [0.2, 0.25) is 0 Å². The molecule has 2 rings (SSSR count). The molecular formula is C14H25NO2. The summed E-state index contributed by atoms with van der Waals surface area (Å²) < 4.78 is 0. The van der Waals surface area contributed by atoms with Crippen LogP contribution in [-0.4, -0.2) is 34.1 Å². The first kappa shape index (κ1) is 12.9. The van der Waals surface area contributed by atoms with Gasteiger partial charge in [-0.25, -0.2) is 0 Å². The van der Waals surface area contributed by atoms with Crippen molar-refractivity contribution in [3.05, 3.63) is 0 Å². The van der Waals surface area contributed by atoms with E-state index in [0.717, 1.165) is 38.6 Å². The van der Waals surface area contributed by atoms with Crippen LogP contribution in [0, 0.1) is 5.92 Å². The van der Waals surface area contributed by atoms with Crippen LogP contribution < -0.4 is 0 Å². The van der Waals surface area contributed by atoms with Crippen molar-refractivity contribution in [1.29, 1.82) is 0 Å². The van der Waals surface area contributed by atoms with Gasteiger partial charge in [-0.3, -0.25) is 9.69 Å². The Labute approximate surface area is 104 Å². The molecule has 0 aromatic carbocycles. The van der Waals surface area contributed by atoms with E-state index in [1.807, 2.05) is 0 Å². The third-order valence-corrected chi connectivity index (χ3v) is 4.50. The summed E-state index contributed by atoms with van der Waals surface area (Å²) in [6.45, 7) is 5.34. The van der Waals surface area contributed by atoms with E-state index in [-0.39, 0.29) is 0 Å². The van der Waals surface area contributed by atoms with E-state index in [4.69, 9.17) is 0 Å². The highest BCUT2D eigenvalue weighted by Crippen LogP contribution is 2.42. The number of aliphatic carboxylic acids is 1. The predicted molar refractivity (Wildman–Crippen MR) is 68.0 cm³/mol. The van der Waals surface area contributed by atoms with Crippen LogP contribution in [-0.2, 0) is 4.79 Å². The molecule has 2 aliphatic carbocycles.